The highest BCUT2D eigenvalue weighted by molar-refractivity contribution is 5.80. The van der Waals surface area contributed by atoms with Crippen LogP contribution >= 0.6 is 0 Å². The second kappa shape index (κ2) is 15.1. The number of allylic oxidation sites excluding steroid dienone is 5. The molecule has 2 aromatic heterocycles. The van der Waals surface area contributed by atoms with Gasteiger partial charge in [0.1, 0.15) is 0 Å². The number of rotatable bonds is 8. The van der Waals surface area contributed by atoms with E-state index < -0.39 is 5.82 Å². The topological polar surface area (TPSA) is 87.6 Å². The molecule has 9 heteroatoms. The number of benzene rings is 1. The molecule has 204 valence electrons. The van der Waals surface area contributed by atoms with Gasteiger partial charge in [0.2, 0.25) is 5.95 Å². The van der Waals surface area contributed by atoms with Crippen LogP contribution in [0.1, 0.15) is 39.0 Å². The lowest BCUT2D eigenvalue weighted by Gasteiger charge is -2.27. The van der Waals surface area contributed by atoms with Crippen molar-refractivity contribution in [1.82, 2.24) is 15.0 Å². The molecule has 0 radical (unpaired) electrons. The van der Waals surface area contributed by atoms with Crippen molar-refractivity contribution in [2.45, 2.75) is 27.7 Å². The van der Waals surface area contributed by atoms with E-state index in [4.69, 9.17) is 4.74 Å². The number of nitrogens with one attached hydrogen (secondary N) is 2. The summed E-state index contributed by atoms with van der Waals surface area (Å²) in [6.07, 6.45) is 10.5. The maximum Gasteiger partial charge on any atom is 0.245 e. The maximum atomic E-state index is 14.2. The molecule has 39 heavy (non-hydrogen) atoms. The van der Waals surface area contributed by atoms with Crippen molar-refractivity contribution in [3.05, 3.63) is 96.2 Å². The zero-order valence-electron chi connectivity index (χ0n) is 23.0. The van der Waals surface area contributed by atoms with Crippen LogP contribution in [-0.4, -0.2) is 47.5 Å². The van der Waals surface area contributed by atoms with E-state index in [0.717, 1.165) is 34.3 Å². The number of anilines is 4. The lowest BCUT2D eigenvalue weighted by molar-refractivity contribution is 0.122. The second-order valence-electron chi connectivity index (χ2n) is 8.66. The predicted molar refractivity (Wildman–Crippen MR) is 159 cm³/mol. The first kappa shape index (κ1) is 29.2. The Morgan fingerprint density at radius 1 is 1.05 bits per heavy atom. The van der Waals surface area contributed by atoms with Crippen LogP contribution in [0, 0.1) is 5.82 Å². The van der Waals surface area contributed by atoms with Crippen LogP contribution in [0.2, 0.25) is 0 Å². The number of nitrogens with zero attached hydrogens (tertiary/aromatic N) is 5. The minimum atomic E-state index is -0.474. The zero-order valence-corrected chi connectivity index (χ0v) is 23.0. The molecular formula is C30H36FN7O. The minimum absolute atomic E-state index is 0.206. The standard InChI is InChI=1S/C26H28FN7O.C4H8/c1-4-23(18(2)3)19-6-5-7-20(14-19)31-22-9-8-21(28-15-22)16-30-33-26-29-17-24(27)25(32-26)34-10-12-35-13-11-34;1-3-4-2/h4-9,14-17,31H,2,10-13H2,1,3H3,(H,29,32,33);3-4H,1-2H3/b23-4+,30-16+;4-3-. The summed E-state index contributed by atoms with van der Waals surface area (Å²) >= 11 is 0. The minimum Gasteiger partial charge on any atom is -0.378 e. The van der Waals surface area contributed by atoms with Gasteiger partial charge < -0.3 is 15.0 Å². The summed E-state index contributed by atoms with van der Waals surface area (Å²) in [5.74, 6) is -0.0284. The number of ether oxygens (including phenoxy) is 1. The first-order valence-electron chi connectivity index (χ1n) is 12.8. The number of pyridine rings is 1. The molecule has 2 N–H and O–H groups in total. The van der Waals surface area contributed by atoms with Crippen LogP contribution in [0.3, 0.4) is 0 Å². The van der Waals surface area contributed by atoms with Crippen LogP contribution in [0.15, 0.2) is 84.3 Å². The molecule has 1 saturated heterocycles. The van der Waals surface area contributed by atoms with E-state index in [1.165, 1.54) is 0 Å². The fourth-order valence-corrected chi connectivity index (χ4v) is 3.71. The molecule has 0 unspecified atom stereocenters. The SMILES string of the molecule is C/C=C\C.C=C(C)/C(=C\C)c1cccc(Nc2ccc(/C=N/Nc3ncc(F)c(N4CCOCC4)n3)nc2)c1. The van der Waals surface area contributed by atoms with Crippen LogP contribution in [0.4, 0.5) is 27.5 Å². The Bertz CT molecular complexity index is 1310. The Balaban J connectivity index is 0.000000983. The highest BCUT2D eigenvalue weighted by Crippen LogP contribution is 2.25. The molecule has 1 aromatic carbocycles. The third-order valence-corrected chi connectivity index (χ3v) is 5.73. The maximum absolute atomic E-state index is 14.2. The second-order valence-corrected chi connectivity index (χ2v) is 8.66. The van der Waals surface area contributed by atoms with Crippen LogP contribution in [0.25, 0.3) is 5.57 Å². The Morgan fingerprint density at radius 2 is 1.82 bits per heavy atom. The number of halogens is 1. The third-order valence-electron chi connectivity index (χ3n) is 5.73. The van der Waals surface area contributed by atoms with Crippen molar-refractivity contribution >= 4 is 34.9 Å². The van der Waals surface area contributed by atoms with Gasteiger partial charge in [0.15, 0.2) is 11.6 Å². The molecule has 4 rings (SSSR count). The number of aromatic nitrogens is 3. The average Bonchev–Trinajstić information content (AvgIpc) is 2.96. The lowest BCUT2D eigenvalue weighted by Crippen LogP contribution is -2.37. The summed E-state index contributed by atoms with van der Waals surface area (Å²) in [5, 5.41) is 7.50. The molecule has 3 heterocycles. The van der Waals surface area contributed by atoms with Gasteiger partial charge >= 0.3 is 0 Å². The molecule has 3 aromatic rings. The molecule has 8 nitrogen and oxygen atoms in total. The summed E-state index contributed by atoms with van der Waals surface area (Å²) in [6.45, 7) is 14.3. The summed E-state index contributed by atoms with van der Waals surface area (Å²) in [5.41, 5.74) is 8.43. The third kappa shape index (κ3) is 8.86. The van der Waals surface area contributed by atoms with Gasteiger partial charge in [-0.15, -0.1) is 0 Å². The summed E-state index contributed by atoms with van der Waals surface area (Å²) in [6, 6.07) is 11.9. The Hall–Kier alpha value is -4.37. The largest absolute Gasteiger partial charge is 0.378 e. The van der Waals surface area contributed by atoms with Gasteiger partial charge in [0, 0.05) is 18.8 Å². The summed E-state index contributed by atoms with van der Waals surface area (Å²) in [4.78, 5) is 14.4. The number of morpholine rings is 1. The molecule has 0 bridgehead atoms. The average molecular weight is 530 g/mol. The molecule has 0 spiro atoms. The van der Waals surface area contributed by atoms with E-state index in [2.05, 4.69) is 55.6 Å². The van der Waals surface area contributed by atoms with Gasteiger partial charge in [-0.3, -0.25) is 4.98 Å². The lowest BCUT2D eigenvalue weighted by atomic mass is 9.99. The van der Waals surface area contributed by atoms with Gasteiger partial charge in [-0.2, -0.15) is 10.1 Å². The van der Waals surface area contributed by atoms with Crippen molar-refractivity contribution in [3.63, 3.8) is 0 Å². The highest BCUT2D eigenvalue weighted by Gasteiger charge is 2.17. The van der Waals surface area contributed by atoms with E-state index in [0.29, 0.717) is 32.0 Å². The van der Waals surface area contributed by atoms with Crippen molar-refractivity contribution in [1.29, 1.82) is 0 Å². The van der Waals surface area contributed by atoms with Crippen LogP contribution in [0.5, 0.6) is 0 Å². The number of hydrogen-bond donors (Lipinski definition) is 2. The molecule has 0 aliphatic carbocycles. The van der Waals surface area contributed by atoms with Crippen LogP contribution < -0.4 is 15.6 Å². The highest BCUT2D eigenvalue weighted by atomic mass is 19.1. The Kier molecular flexibility index (Phi) is 11.3. The molecular weight excluding hydrogens is 493 g/mol. The Labute approximate surface area is 230 Å². The van der Waals surface area contributed by atoms with Crippen molar-refractivity contribution in [2.75, 3.05) is 41.9 Å². The smallest absolute Gasteiger partial charge is 0.245 e. The normalized spacial score (nSPS) is 13.8. The first-order valence-corrected chi connectivity index (χ1v) is 12.8. The van der Waals surface area contributed by atoms with Gasteiger partial charge in [-0.1, -0.05) is 42.5 Å². The molecule has 0 amide bonds. The molecule has 0 atom stereocenters. The fraction of sp³-hybridized carbons (Fsp3) is 0.267. The van der Waals surface area contributed by atoms with E-state index in [9.17, 15) is 4.39 Å². The summed E-state index contributed by atoms with van der Waals surface area (Å²) in [7, 11) is 0. The zero-order chi connectivity index (χ0) is 28.0. The molecule has 0 saturated carbocycles. The first-order chi connectivity index (χ1) is 18.9. The van der Waals surface area contributed by atoms with Crippen LogP contribution in [-0.2, 0) is 4.74 Å². The van der Waals surface area contributed by atoms with E-state index in [-0.39, 0.29) is 11.8 Å². The molecule has 1 aliphatic rings. The van der Waals surface area contributed by atoms with Crippen molar-refractivity contribution < 1.29 is 9.13 Å². The van der Waals surface area contributed by atoms with E-state index >= 15 is 0 Å². The number of hydrazone groups is 1. The monoisotopic (exact) mass is 529 g/mol. The van der Waals surface area contributed by atoms with Gasteiger partial charge in [0.05, 0.1) is 43.2 Å². The van der Waals surface area contributed by atoms with Gasteiger partial charge in [-0.25, -0.2) is 14.8 Å². The molecule has 1 aliphatic heterocycles. The Morgan fingerprint density at radius 3 is 2.46 bits per heavy atom. The van der Waals surface area contributed by atoms with Crippen molar-refractivity contribution in [2.24, 2.45) is 5.10 Å². The predicted octanol–water partition coefficient (Wildman–Crippen LogP) is 6.60. The van der Waals surface area contributed by atoms with Gasteiger partial charge in [-0.05, 0) is 63.1 Å². The van der Waals surface area contributed by atoms with Crippen molar-refractivity contribution in [3.8, 4) is 0 Å². The molecule has 1 fully saturated rings. The summed E-state index contributed by atoms with van der Waals surface area (Å²) < 4.78 is 19.5. The van der Waals surface area contributed by atoms with E-state index in [1.807, 2.05) is 69.0 Å². The van der Waals surface area contributed by atoms with E-state index in [1.54, 1.807) is 12.4 Å². The van der Waals surface area contributed by atoms with Gasteiger partial charge in [0.25, 0.3) is 0 Å². The fourth-order valence-electron chi connectivity index (χ4n) is 3.71. The number of hydrogen-bond acceptors (Lipinski definition) is 8. The quantitative estimate of drug-likeness (QED) is 0.147.